The molecule has 2 N–H and O–H groups in total. The van der Waals surface area contributed by atoms with Crippen molar-refractivity contribution in [3.63, 3.8) is 0 Å². The van der Waals surface area contributed by atoms with Gasteiger partial charge in [0.05, 0.1) is 13.5 Å². The lowest BCUT2D eigenvalue weighted by molar-refractivity contribution is -0.140. The Morgan fingerprint density at radius 2 is 2.15 bits per heavy atom. The summed E-state index contributed by atoms with van der Waals surface area (Å²) in [6, 6.07) is 2.56. The first-order valence-corrected chi connectivity index (χ1v) is 7.58. The minimum atomic E-state index is -4.25. The Morgan fingerprint density at radius 1 is 1.55 bits per heavy atom. The smallest absolute Gasteiger partial charge is 0.305 e. The van der Waals surface area contributed by atoms with Crippen molar-refractivity contribution < 1.29 is 31.8 Å². The molecule has 0 aliphatic heterocycles. The minimum absolute atomic E-state index is 0.230. The molecule has 1 heterocycles. The Balaban J connectivity index is 3.06. The molecule has 10 heteroatoms. The third-order valence-corrected chi connectivity index (χ3v) is 5.54. The molecule has 20 heavy (non-hydrogen) atoms. The number of carboxylic acid groups (broad SMARTS) is 1. The van der Waals surface area contributed by atoms with Crippen molar-refractivity contribution in [1.29, 1.82) is 0 Å². The number of aliphatic carboxylic acids is 1. The Bertz CT molecular complexity index is 586. The molecule has 1 unspecified atom stereocenters. The molecule has 0 spiro atoms. The van der Waals surface area contributed by atoms with E-state index in [0.717, 1.165) is 18.3 Å². The van der Waals surface area contributed by atoms with Gasteiger partial charge < -0.3 is 9.84 Å². The number of nitrogens with one attached hydrogen (secondary N) is 1. The molecule has 0 saturated heterocycles. The van der Waals surface area contributed by atoms with Crippen molar-refractivity contribution in [1.82, 2.24) is 4.72 Å². The Labute approximate surface area is 118 Å². The standard InChI is InChI=1S/C10H13F2NO5S2/c1-10(9(11)12,5-6(14)15)13-20(16,17)8-4-3-7(18-2)19-8/h3-4,9,13H,5H2,1-2H3,(H,14,15). The fourth-order valence-corrected chi connectivity index (χ4v) is 3.87. The zero-order chi connectivity index (χ0) is 15.6. The number of sulfonamides is 1. The van der Waals surface area contributed by atoms with Gasteiger partial charge in [-0.2, -0.15) is 4.72 Å². The molecule has 0 saturated carbocycles. The molecule has 0 radical (unpaired) electrons. The second-order valence-corrected chi connectivity index (χ2v) is 7.13. The van der Waals surface area contributed by atoms with Crippen molar-refractivity contribution >= 4 is 27.3 Å². The van der Waals surface area contributed by atoms with Crippen LogP contribution in [-0.4, -0.2) is 38.6 Å². The molecule has 1 atom stereocenters. The Hall–Kier alpha value is -1.26. The topological polar surface area (TPSA) is 92.7 Å². The number of carboxylic acids is 1. The van der Waals surface area contributed by atoms with Gasteiger partial charge in [-0.05, 0) is 19.1 Å². The summed E-state index contributed by atoms with van der Waals surface area (Å²) in [6.45, 7) is 0.841. The van der Waals surface area contributed by atoms with Crippen LogP contribution in [0.2, 0.25) is 0 Å². The summed E-state index contributed by atoms with van der Waals surface area (Å²) in [4.78, 5) is 10.6. The number of thiophene rings is 1. The fourth-order valence-electron chi connectivity index (χ4n) is 1.39. The van der Waals surface area contributed by atoms with Gasteiger partial charge in [0.15, 0.2) is 5.06 Å². The van der Waals surface area contributed by atoms with Crippen LogP contribution in [0.25, 0.3) is 0 Å². The summed E-state index contributed by atoms with van der Waals surface area (Å²) in [7, 11) is -2.92. The summed E-state index contributed by atoms with van der Waals surface area (Å²) < 4.78 is 56.2. The zero-order valence-electron chi connectivity index (χ0n) is 10.6. The van der Waals surface area contributed by atoms with E-state index in [4.69, 9.17) is 9.84 Å². The maximum Gasteiger partial charge on any atom is 0.305 e. The highest BCUT2D eigenvalue weighted by Gasteiger charge is 2.41. The van der Waals surface area contributed by atoms with E-state index in [1.54, 1.807) is 4.72 Å². The maximum absolute atomic E-state index is 12.9. The van der Waals surface area contributed by atoms with Gasteiger partial charge >= 0.3 is 5.97 Å². The van der Waals surface area contributed by atoms with Gasteiger partial charge in [-0.15, -0.1) is 0 Å². The van der Waals surface area contributed by atoms with Crippen molar-refractivity contribution in [2.45, 2.75) is 29.5 Å². The molecule has 0 amide bonds. The van der Waals surface area contributed by atoms with E-state index in [-0.39, 0.29) is 4.21 Å². The van der Waals surface area contributed by atoms with Gasteiger partial charge in [0.1, 0.15) is 9.75 Å². The number of methoxy groups -OCH3 is 1. The third kappa shape index (κ3) is 3.87. The van der Waals surface area contributed by atoms with E-state index in [0.29, 0.717) is 5.06 Å². The molecule has 0 aliphatic rings. The van der Waals surface area contributed by atoms with Gasteiger partial charge in [0, 0.05) is 0 Å². The first-order chi connectivity index (χ1) is 9.10. The second-order valence-electron chi connectivity index (χ2n) is 4.17. The average molecular weight is 329 g/mol. The number of rotatable bonds is 7. The summed E-state index contributed by atoms with van der Waals surface area (Å²) in [5.41, 5.74) is -2.39. The highest BCUT2D eigenvalue weighted by atomic mass is 32.2. The number of hydrogen-bond acceptors (Lipinski definition) is 5. The van der Waals surface area contributed by atoms with Crippen LogP contribution < -0.4 is 9.46 Å². The largest absolute Gasteiger partial charge is 0.487 e. The fraction of sp³-hybridized carbons (Fsp3) is 0.500. The summed E-state index contributed by atoms with van der Waals surface area (Å²) in [5.74, 6) is -1.53. The third-order valence-electron chi connectivity index (χ3n) is 2.39. The summed E-state index contributed by atoms with van der Waals surface area (Å²) in [6.07, 6.45) is -4.21. The van der Waals surface area contributed by atoms with Gasteiger partial charge in [-0.3, -0.25) is 4.79 Å². The van der Waals surface area contributed by atoms with Crippen molar-refractivity contribution in [2.24, 2.45) is 0 Å². The van der Waals surface area contributed by atoms with Gasteiger partial charge in [-0.1, -0.05) is 11.3 Å². The lowest BCUT2D eigenvalue weighted by Gasteiger charge is -2.27. The minimum Gasteiger partial charge on any atom is -0.487 e. The highest BCUT2D eigenvalue weighted by molar-refractivity contribution is 7.91. The van der Waals surface area contributed by atoms with Gasteiger partial charge in [-0.25, -0.2) is 17.2 Å². The highest BCUT2D eigenvalue weighted by Crippen LogP contribution is 2.30. The molecule has 0 aliphatic carbocycles. The van der Waals surface area contributed by atoms with Gasteiger partial charge in [0.2, 0.25) is 0 Å². The van der Waals surface area contributed by atoms with Crippen LogP contribution in [0.1, 0.15) is 13.3 Å². The van der Waals surface area contributed by atoms with Crippen LogP contribution in [0.4, 0.5) is 8.78 Å². The van der Waals surface area contributed by atoms with E-state index in [2.05, 4.69) is 0 Å². The van der Waals surface area contributed by atoms with E-state index in [1.807, 2.05) is 0 Å². The van der Waals surface area contributed by atoms with E-state index < -0.39 is 34.4 Å². The van der Waals surface area contributed by atoms with Crippen LogP contribution in [0.15, 0.2) is 16.3 Å². The van der Waals surface area contributed by atoms with E-state index in [9.17, 15) is 22.0 Å². The van der Waals surface area contributed by atoms with Crippen LogP contribution in [0.5, 0.6) is 5.06 Å². The number of hydrogen-bond donors (Lipinski definition) is 2. The number of carbonyl (C=O) groups is 1. The average Bonchev–Trinajstić information content (AvgIpc) is 2.75. The first-order valence-electron chi connectivity index (χ1n) is 5.28. The second kappa shape index (κ2) is 6.02. The molecule has 114 valence electrons. The monoisotopic (exact) mass is 329 g/mol. The summed E-state index contributed by atoms with van der Waals surface area (Å²) >= 11 is 0.746. The molecule has 1 aromatic heterocycles. The summed E-state index contributed by atoms with van der Waals surface area (Å²) in [5, 5.41) is 8.92. The molecule has 0 aromatic carbocycles. The molecule has 6 nitrogen and oxygen atoms in total. The first kappa shape index (κ1) is 16.8. The van der Waals surface area contributed by atoms with Crippen molar-refractivity contribution in [3.05, 3.63) is 12.1 Å². The SMILES string of the molecule is COc1ccc(S(=O)(=O)NC(C)(CC(=O)O)C(F)F)s1. The molecular weight excluding hydrogens is 316 g/mol. The predicted octanol–water partition coefficient (Wildman–Crippen LogP) is 1.53. The van der Waals surface area contributed by atoms with Crippen LogP contribution >= 0.6 is 11.3 Å². The number of ether oxygens (including phenoxy) is 1. The zero-order valence-corrected chi connectivity index (χ0v) is 12.2. The quantitative estimate of drug-likeness (QED) is 0.791. The molecular formula is C10H13F2NO5S2. The van der Waals surface area contributed by atoms with Crippen LogP contribution in [0.3, 0.4) is 0 Å². The van der Waals surface area contributed by atoms with Crippen LogP contribution in [0, 0.1) is 0 Å². The van der Waals surface area contributed by atoms with E-state index in [1.165, 1.54) is 19.2 Å². The lowest BCUT2D eigenvalue weighted by Crippen LogP contribution is -2.52. The van der Waals surface area contributed by atoms with Crippen molar-refractivity contribution in [2.75, 3.05) is 7.11 Å². The number of alkyl halides is 2. The predicted molar refractivity (Wildman–Crippen MR) is 67.9 cm³/mol. The van der Waals surface area contributed by atoms with Crippen LogP contribution in [-0.2, 0) is 14.8 Å². The molecule has 1 aromatic rings. The molecule has 0 fully saturated rings. The van der Waals surface area contributed by atoms with Crippen molar-refractivity contribution in [3.8, 4) is 5.06 Å². The Kier molecular flexibility index (Phi) is 5.05. The lowest BCUT2D eigenvalue weighted by atomic mass is 10.0. The molecule has 0 bridgehead atoms. The van der Waals surface area contributed by atoms with Gasteiger partial charge in [0.25, 0.3) is 16.4 Å². The number of halogens is 2. The molecule has 1 rings (SSSR count). The van der Waals surface area contributed by atoms with E-state index >= 15 is 0 Å². The maximum atomic E-state index is 12.9. The normalized spacial score (nSPS) is 15.1. The Morgan fingerprint density at radius 3 is 2.55 bits per heavy atom.